The van der Waals surface area contributed by atoms with E-state index in [0.29, 0.717) is 0 Å². The minimum absolute atomic E-state index is 0.00421. The Morgan fingerprint density at radius 1 is 1.39 bits per heavy atom. The molecule has 4 heteroatoms. The van der Waals surface area contributed by atoms with Gasteiger partial charge in [0.15, 0.2) is 0 Å². The van der Waals surface area contributed by atoms with Crippen molar-refractivity contribution < 1.29 is 4.79 Å². The number of aryl methyl sites for hydroxylation is 1. The van der Waals surface area contributed by atoms with E-state index < -0.39 is 0 Å². The third-order valence-corrected chi connectivity index (χ3v) is 3.63. The highest BCUT2D eigenvalue weighted by Gasteiger charge is 2.09. The maximum atomic E-state index is 12.1. The van der Waals surface area contributed by atoms with Crippen molar-refractivity contribution in [1.29, 1.82) is 0 Å². The number of anilines is 1. The maximum Gasteiger partial charge on any atom is 0.253 e. The summed E-state index contributed by atoms with van der Waals surface area (Å²) in [5.41, 5.74) is 2.70. The number of hydrogen-bond donors (Lipinski definition) is 2. The van der Waals surface area contributed by atoms with Crippen molar-refractivity contribution in [3.05, 3.63) is 29.3 Å². The molecule has 0 atom stereocenters. The average Bonchev–Trinajstić information content (AvgIpc) is 2.38. The Morgan fingerprint density at radius 2 is 2.17 bits per heavy atom. The molecule has 3 nitrogen and oxygen atoms in total. The summed E-state index contributed by atoms with van der Waals surface area (Å²) in [6.45, 7) is 4.88. The Morgan fingerprint density at radius 3 is 2.83 bits per heavy atom. The van der Waals surface area contributed by atoms with Gasteiger partial charge in [0.1, 0.15) is 0 Å². The molecule has 1 rings (SSSR count). The molecule has 0 aromatic heterocycles. The van der Waals surface area contributed by atoms with Gasteiger partial charge in [-0.2, -0.15) is 11.8 Å². The first-order valence-electron chi connectivity index (χ1n) is 6.33. The summed E-state index contributed by atoms with van der Waals surface area (Å²) in [7, 11) is 1.83. The van der Waals surface area contributed by atoms with E-state index in [2.05, 4.69) is 17.6 Å². The molecule has 2 N–H and O–H groups in total. The second-order valence-corrected chi connectivity index (χ2v) is 5.50. The molecular weight excluding hydrogens is 244 g/mol. The molecule has 1 aromatic carbocycles. The van der Waals surface area contributed by atoms with Gasteiger partial charge in [-0.3, -0.25) is 4.79 Å². The van der Waals surface area contributed by atoms with Crippen molar-refractivity contribution in [2.24, 2.45) is 0 Å². The lowest BCUT2D eigenvalue weighted by Gasteiger charge is -2.10. The fraction of sp³-hybridized carbons (Fsp3) is 0.500. The van der Waals surface area contributed by atoms with Crippen molar-refractivity contribution in [1.82, 2.24) is 5.32 Å². The molecule has 0 fully saturated rings. The second kappa shape index (κ2) is 8.03. The fourth-order valence-electron chi connectivity index (χ4n) is 1.68. The molecule has 0 saturated carbocycles. The normalized spacial score (nSPS) is 10.2. The lowest BCUT2D eigenvalue weighted by atomic mass is 10.1. The number of thioether (sulfide) groups is 1. The van der Waals surface area contributed by atoms with Crippen LogP contribution < -0.4 is 10.6 Å². The molecule has 0 aliphatic heterocycles. The summed E-state index contributed by atoms with van der Waals surface area (Å²) >= 11 is 1.90. The van der Waals surface area contributed by atoms with Crippen molar-refractivity contribution in [3.63, 3.8) is 0 Å². The summed E-state index contributed by atoms with van der Waals surface area (Å²) < 4.78 is 0. The molecule has 1 amide bonds. The monoisotopic (exact) mass is 266 g/mol. The SMILES string of the molecule is CCSCCCNC(=O)c1cc(C)ccc1NC. The number of carbonyl (C=O) groups is 1. The van der Waals surface area contributed by atoms with Crippen LogP contribution in [0.5, 0.6) is 0 Å². The highest BCUT2D eigenvalue weighted by molar-refractivity contribution is 7.99. The fourth-order valence-corrected chi connectivity index (χ4v) is 2.32. The lowest BCUT2D eigenvalue weighted by molar-refractivity contribution is 0.0954. The van der Waals surface area contributed by atoms with Crippen LogP contribution in [-0.4, -0.2) is 31.0 Å². The predicted molar refractivity (Wildman–Crippen MR) is 80.7 cm³/mol. The highest BCUT2D eigenvalue weighted by Crippen LogP contribution is 2.16. The Kier molecular flexibility index (Phi) is 6.65. The average molecular weight is 266 g/mol. The van der Waals surface area contributed by atoms with Crippen LogP contribution in [0.15, 0.2) is 18.2 Å². The molecular formula is C14H22N2OS. The van der Waals surface area contributed by atoms with E-state index in [9.17, 15) is 4.79 Å². The minimum Gasteiger partial charge on any atom is -0.387 e. The maximum absolute atomic E-state index is 12.1. The summed E-state index contributed by atoms with van der Waals surface area (Å²) in [5, 5.41) is 6.02. The molecule has 0 saturated heterocycles. The van der Waals surface area contributed by atoms with Crippen LogP contribution in [0.1, 0.15) is 29.3 Å². The third kappa shape index (κ3) is 4.61. The standard InChI is InChI=1S/C14H22N2OS/c1-4-18-9-5-8-16-14(17)12-10-11(2)6-7-13(12)15-3/h6-7,10,15H,4-5,8-9H2,1-3H3,(H,16,17). The zero-order valence-electron chi connectivity index (χ0n) is 11.4. The van der Waals surface area contributed by atoms with Gasteiger partial charge in [-0.25, -0.2) is 0 Å². The van der Waals surface area contributed by atoms with Gasteiger partial charge in [-0.05, 0) is 37.0 Å². The first-order chi connectivity index (χ1) is 8.69. The molecule has 0 heterocycles. The van der Waals surface area contributed by atoms with Crippen LogP contribution in [0.2, 0.25) is 0 Å². The Labute approximate surface area is 114 Å². The van der Waals surface area contributed by atoms with Gasteiger partial charge in [0, 0.05) is 19.3 Å². The molecule has 0 aliphatic carbocycles. The van der Waals surface area contributed by atoms with Crippen LogP contribution in [0.3, 0.4) is 0 Å². The smallest absolute Gasteiger partial charge is 0.253 e. The molecule has 0 spiro atoms. The Balaban J connectivity index is 2.52. The van der Waals surface area contributed by atoms with E-state index >= 15 is 0 Å². The zero-order chi connectivity index (χ0) is 13.4. The summed E-state index contributed by atoms with van der Waals surface area (Å²) in [4.78, 5) is 12.1. The van der Waals surface area contributed by atoms with Gasteiger partial charge >= 0.3 is 0 Å². The number of benzene rings is 1. The van der Waals surface area contributed by atoms with Gasteiger partial charge in [-0.15, -0.1) is 0 Å². The van der Waals surface area contributed by atoms with Crippen molar-refractivity contribution in [2.45, 2.75) is 20.3 Å². The summed E-state index contributed by atoms with van der Waals surface area (Å²) in [6.07, 6.45) is 1.02. The van der Waals surface area contributed by atoms with E-state index in [0.717, 1.165) is 41.3 Å². The van der Waals surface area contributed by atoms with Gasteiger partial charge in [0.05, 0.1) is 5.56 Å². The lowest BCUT2D eigenvalue weighted by Crippen LogP contribution is -2.25. The van der Waals surface area contributed by atoms with Crippen LogP contribution in [0, 0.1) is 6.92 Å². The van der Waals surface area contributed by atoms with Crippen LogP contribution in [0.4, 0.5) is 5.69 Å². The predicted octanol–water partition coefficient (Wildman–Crippen LogP) is 2.91. The molecule has 1 aromatic rings. The van der Waals surface area contributed by atoms with Gasteiger partial charge < -0.3 is 10.6 Å². The number of hydrogen-bond acceptors (Lipinski definition) is 3. The molecule has 100 valence electrons. The Hall–Kier alpha value is -1.16. The van der Waals surface area contributed by atoms with E-state index in [4.69, 9.17) is 0 Å². The molecule has 18 heavy (non-hydrogen) atoms. The summed E-state index contributed by atoms with van der Waals surface area (Å²) in [5.74, 6) is 2.24. The number of nitrogens with one attached hydrogen (secondary N) is 2. The van der Waals surface area contributed by atoms with Gasteiger partial charge in [0.2, 0.25) is 0 Å². The number of amides is 1. The Bertz CT molecular complexity index is 393. The highest BCUT2D eigenvalue weighted by atomic mass is 32.2. The van der Waals surface area contributed by atoms with Crippen LogP contribution in [-0.2, 0) is 0 Å². The van der Waals surface area contributed by atoms with Crippen LogP contribution >= 0.6 is 11.8 Å². The topological polar surface area (TPSA) is 41.1 Å². The largest absolute Gasteiger partial charge is 0.387 e. The van der Waals surface area contributed by atoms with E-state index in [1.54, 1.807) is 0 Å². The summed E-state index contributed by atoms with van der Waals surface area (Å²) in [6, 6.07) is 5.86. The first-order valence-corrected chi connectivity index (χ1v) is 7.48. The zero-order valence-corrected chi connectivity index (χ0v) is 12.2. The van der Waals surface area contributed by atoms with Gasteiger partial charge in [0.25, 0.3) is 5.91 Å². The van der Waals surface area contributed by atoms with Crippen molar-refractivity contribution in [3.8, 4) is 0 Å². The van der Waals surface area contributed by atoms with Crippen molar-refractivity contribution in [2.75, 3.05) is 30.4 Å². The first kappa shape index (κ1) is 14.9. The molecule has 0 radical (unpaired) electrons. The quantitative estimate of drug-likeness (QED) is 0.746. The van der Waals surface area contributed by atoms with Gasteiger partial charge in [-0.1, -0.05) is 18.6 Å². The van der Waals surface area contributed by atoms with Crippen LogP contribution in [0.25, 0.3) is 0 Å². The van der Waals surface area contributed by atoms with E-state index in [-0.39, 0.29) is 5.91 Å². The second-order valence-electron chi connectivity index (χ2n) is 4.11. The minimum atomic E-state index is 0.00421. The molecule has 0 bridgehead atoms. The van der Waals surface area contributed by atoms with E-state index in [1.807, 2.05) is 43.9 Å². The molecule has 0 aliphatic rings. The number of carbonyl (C=O) groups excluding carboxylic acids is 1. The van der Waals surface area contributed by atoms with E-state index in [1.165, 1.54) is 0 Å². The third-order valence-electron chi connectivity index (χ3n) is 2.64. The molecule has 0 unspecified atom stereocenters. The van der Waals surface area contributed by atoms with Crippen molar-refractivity contribution >= 4 is 23.4 Å². The number of rotatable bonds is 7.